The Morgan fingerprint density at radius 3 is 3.00 bits per heavy atom. The Morgan fingerprint density at radius 2 is 2.38 bits per heavy atom. The average molecular weight is 204 g/mol. The standard InChI is InChI=1S/C10H18ClNO/c1-9-4-2-6-12(7-3-5-11)10(9)8-13/h3,5,9-10,13H,2,4,6-8H2,1H3/b5-3+. The Balaban J connectivity index is 2.48. The third-order valence-corrected chi connectivity index (χ3v) is 3.02. The number of rotatable bonds is 3. The number of hydrogen-bond acceptors (Lipinski definition) is 2. The summed E-state index contributed by atoms with van der Waals surface area (Å²) >= 11 is 5.48. The van der Waals surface area contributed by atoms with Crippen molar-refractivity contribution in [2.24, 2.45) is 5.92 Å². The van der Waals surface area contributed by atoms with Crippen LogP contribution in [0, 0.1) is 5.92 Å². The lowest BCUT2D eigenvalue weighted by atomic mass is 9.91. The van der Waals surface area contributed by atoms with Crippen LogP contribution in [0.3, 0.4) is 0 Å². The number of piperidine rings is 1. The van der Waals surface area contributed by atoms with Crippen molar-refractivity contribution in [3.63, 3.8) is 0 Å². The summed E-state index contributed by atoms with van der Waals surface area (Å²) in [5, 5.41) is 9.23. The highest BCUT2D eigenvalue weighted by Crippen LogP contribution is 2.22. The highest BCUT2D eigenvalue weighted by molar-refractivity contribution is 6.25. The lowest BCUT2D eigenvalue weighted by Gasteiger charge is -2.38. The van der Waals surface area contributed by atoms with Gasteiger partial charge in [-0.1, -0.05) is 24.6 Å². The zero-order valence-electron chi connectivity index (χ0n) is 8.12. The van der Waals surface area contributed by atoms with Crippen LogP contribution in [-0.2, 0) is 0 Å². The lowest BCUT2D eigenvalue weighted by Crippen LogP contribution is -2.46. The Kier molecular flexibility index (Phi) is 4.78. The summed E-state index contributed by atoms with van der Waals surface area (Å²) in [6, 6.07) is 0.321. The summed E-state index contributed by atoms with van der Waals surface area (Å²) < 4.78 is 0. The van der Waals surface area contributed by atoms with Crippen molar-refractivity contribution in [2.45, 2.75) is 25.8 Å². The molecule has 0 spiro atoms. The van der Waals surface area contributed by atoms with Crippen molar-refractivity contribution in [1.82, 2.24) is 4.90 Å². The van der Waals surface area contributed by atoms with E-state index in [9.17, 15) is 5.11 Å². The fraction of sp³-hybridized carbons (Fsp3) is 0.800. The van der Waals surface area contributed by atoms with Crippen molar-refractivity contribution in [3.8, 4) is 0 Å². The van der Waals surface area contributed by atoms with Gasteiger partial charge in [0, 0.05) is 18.1 Å². The van der Waals surface area contributed by atoms with Crippen LogP contribution in [0.4, 0.5) is 0 Å². The number of likely N-dealkylation sites (tertiary alicyclic amines) is 1. The minimum atomic E-state index is 0.261. The number of hydrogen-bond donors (Lipinski definition) is 1. The molecule has 0 aromatic carbocycles. The van der Waals surface area contributed by atoms with Gasteiger partial charge < -0.3 is 5.11 Å². The molecule has 1 aliphatic heterocycles. The van der Waals surface area contributed by atoms with E-state index in [1.165, 1.54) is 12.8 Å². The van der Waals surface area contributed by atoms with E-state index in [1.807, 2.05) is 6.08 Å². The number of halogens is 1. The molecule has 2 atom stereocenters. The van der Waals surface area contributed by atoms with Crippen molar-refractivity contribution in [1.29, 1.82) is 0 Å². The summed E-state index contributed by atoms with van der Waals surface area (Å²) in [5.74, 6) is 0.600. The second-order valence-electron chi connectivity index (χ2n) is 3.73. The van der Waals surface area contributed by atoms with Crippen LogP contribution in [0.1, 0.15) is 19.8 Å². The summed E-state index contributed by atoms with van der Waals surface area (Å²) in [5.41, 5.74) is 1.55. The van der Waals surface area contributed by atoms with E-state index in [-0.39, 0.29) is 6.61 Å². The second kappa shape index (κ2) is 5.63. The molecule has 2 nitrogen and oxygen atoms in total. The Bertz CT molecular complexity index is 172. The highest BCUT2D eigenvalue weighted by atomic mass is 35.5. The van der Waals surface area contributed by atoms with Crippen LogP contribution in [-0.4, -0.2) is 35.7 Å². The molecule has 1 saturated heterocycles. The number of aliphatic hydroxyl groups is 1. The molecule has 1 N–H and O–H groups in total. The summed E-state index contributed by atoms with van der Waals surface area (Å²) in [6.45, 7) is 4.41. The summed E-state index contributed by atoms with van der Waals surface area (Å²) in [4.78, 5) is 2.30. The first-order chi connectivity index (χ1) is 6.29. The van der Waals surface area contributed by atoms with E-state index >= 15 is 0 Å². The maximum atomic E-state index is 9.23. The Morgan fingerprint density at radius 1 is 1.62 bits per heavy atom. The zero-order chi connectivity index (χ0) is 9.68. The van der Waals surface area contributed by atoms with Crippen LogP contribution in [0.2, 0.25) is 0 Å². The molecule has 1 aliphatic rings. The number of aliphatic hydroxyl groups excluding tert-OH is 1. The lowest BCUT2D eigenvalue weighted by molar-refractivity contribution is 0.0622. The van der Waals surface area contributed by atoms with Crippen molar-refractivity contribution >= 4 is 11.6 Å². The maximum absolute atomic E-state index is 9.23. The van der Waals surface area contributed by atoms with Gasteiger partial charge in [-0.05, 0) is 25.3 Å². The van der Waals surface area contributed by atoms with Gasteiger partial charge in [-0.25, -0.2) is 0 Å². The van der Waals surface area contributed by atoms with Crippen molar-refractivity contribution < 1.29 is 5.11 Å². The van der Waals surface area contributed by atoms with Gasteiger partial charge in [0.05, 0.1) is 6.61 Å². The summed E-state index contributed by atoms with van der Waals surface area (Å²) in [7, 11) is 0. The fourth-order valence-corrected chi connectivity index (χ4v) is 2.11. The van der Waals surface area contributed by atoms with E-state index in [0.717, 1.165) is 13.1 Å². The van der Waals surface area contributed by atoms with E-state index in [0.29, 0.717) is 12.0 Å². The van der Waals surface area contributed by atoms with Gasteiger partial charge >= 0.3 is 0 Å². The molecule has 1 heterocycles. The Hall–Kier alpha value is -0.0500. The first kappa shape index (κ1) is 11.0. The molecular weight excluding hydrogens is 186 g/mol. The number of nitrogens with zero attached hydrogens (tertiary/aromatic N) is 1. The third-order valence-electron chi connectivity index (χ3n) is 2.85. The van der Waals surface area contributed by atoms with Gasteiger partial charge in [-0.2, -0.15) is 0 Å². The van der Waals surface area contributed by atoms with Gasteiger partial charge in [-0.15, -0.1) is 0 Å². The van der Waals surface area contributed by atoms with Gasteiger partial charge in [0.2, 0.25) is 0 Å². The predicted molar refractivity (Wildman–Crippen MR) is 55.8 cm³/mol. The molecule has 0 saturated carbocycles. The van der Waals surface area contributed by atoms with Gasteiger partial charge in [-0.3, -0.25) is 4.90 Å². The molecule has 0 aromatic heterocycles. The van der Waals surface area contributed by atoms with Crippen molar-refractivity contribution in [3.05, 3.63) is 11.6 Å². The SMILES string of the molecule is CC1CCCN(C/C=C/Cl)C1CO. The van der Waals surface area contributed by atoms with Crippen LogP contribution in [0.15, 0.2) is 11.6 Å². The van der Waals surface area contributed by atoms with E-state index in [1.54, 1.807) is 5.54 Å². The van der Waals surface area contributed by atoms with E-state index in [4.69, 9.17) is 11.6 Å². The van der Waals surface area contributed by atoms with Gasteiger partial charge in [0.15, 0.2) is 0 Å². The van der Waals surface area contributed by atoms with Gasteiger partial charge in [0.25, 0.3) is 0 Å². The van der Waals surface area contributed by atoms with Crippen LogP contribution in [0.5, 0.6) is 0 Å². The predicted octanol–water partition coefficient (Wildman–Crippen LogP) is 1.83. The molecular formula is C10H18ClNO. The maximum Gasteiger partial charge on any atom is 0.0589 e. The molecule has 1 fully saturated rings. The minimum absolute atomic E-state index is 0.261. The first-order valence-corrected chi connectivity index (χ1v) is 5.33. The molecule has 0 aromatic rings. The zero-order valence-corrected chi connectivity index (χ0v) is 8.87. The monoisotopic (exact) mass is 203 g/mol. The minimum Gasteiger partial charge on any atom is -0.395 e. The van der Waals surface area contributed by atoms with Gasteiger partial charge in [0.1, 0.15) is 0 Å². The molecule has 0 amide bonds. The molecule has 0 aliphatic carbocycles. The molecule has 0 bridgehead atoms. The molecule has 76 valence electrons. The molecule has 3 heteroatoms. The van der Waals surface area contributed by atoms with E-state index in [2.05, 4.69) is 11.8 Å². The largest absolute Gasteiger partial charge is 0.395 e. The van der Waals surface area contributed by atoms with Crippen LogP contribution in [0.25, 0.3) is 0 Å². The quantitative estimate of drug-likeness (QED) is 0.757. The fourth-order valence-electron chi connectivity index (χ4n) is 2.03. The topological polar surface area (TPSA) is 23.5 Å². The first-order valence-electron chi connectivity index (χ1n) is 4.89. The van der Waals surface area contributed by atoms with Crippen LogP contribution >= 0.6 is 11.6 Å². The molecule has 13 heavy (non-hydrogen) atoms. The second-order valence-corrected chi connectivity index (χ2v) is 3.98. The smallest absolute Gasteiger partial charge is 0.0589 e. The average Bonchev–Trinajstić information content (AvgIpc) is 2.15. The third kappa shape index (κ3) is 2.97. The highest BCUT2D eigenvalue weighted by Gasteiger charge is 2.26. The van der Waals surface area contributed by atoms with E-state index < -0.39 is 0 Å². The molecule has 2 unspecified atom stereocenters. The molecule has 0 radical (unpaired) electrons. The molecule has 1 rings (SSSR count). The van der Waals surface area contributed by atoms with Crippen molar-refractivity contribution in [2.75, 3.05) is 19.7 Å². The Labute approximate surface area is 85.2 Å². The summed E-state index contributed by atoms with van der Waals surface area (Å²) in [6.07, 6.45) is 4.39. The normalized spacial score (nSPS) is 31.3. The van der Waals surface area contributed by atoms with Crippen LogP contribution < -0.4 is 0 Å².